The zero-order chi connectivity index (χ0) is 18.2. The molecule has 0 radical (unpaired) electrons. The van der Waals surface area contributed by atoms with E-state index in [0.29, 0.717) is 35.6 Å². The molecule has 0 spiro atoms. The van der Waals surface area contributed by atoms with Gasteiger partial charge in [0.25, 0.3) is 0 Å². The first-order chi connectivity index (χ1) is 12.0. The van der Waals surface area contributed by atoms with Crippen LogP contribution in [0.2, 0.25) is 10.2 Å². The van der Waals surface area contributed by atoms with Gasteiger partial charge in [-0.1, -0.05) is 53.5 Å². The Kier molecular flexibility index (Phi) is 7.62. The molecule has 1 unspecified atom stereocenters. The van der Waals surface area contributed by atoms with Crippen LogP contribution in [0.25, 0.3) is 0 Å². The fourth-order valence-corrected chi connectivity index (χ4v) is 2.83. The van der Waals surface area contributed by atoms with E-state index >= 15 is 0 Å². The lowest BCUT2D eigenvalue weighted by atomic mass is 10.1. The summed E-state index contributed by atoms with van der Waals surface area (Å²) in [6.45, 7) is 3.57. The van der Waals surface area contributed by atoms with Crippen molar-refractivity contribution in [3.63, 3.8) is 0 Å². The minimum absolute atomic E-state index is 0.412. The fraction of sp³-hybridized carbons (Fsp3) is 0.389. The van der Waals surface area contributed by atoms with Crippen molar-refractivity contribution in [1.82, 2.24) is 15.2 Å². The second-order valence-corrected chi connectivity index (χ2v) is 6.52. The van der Waals surface area contributed by atoms with Crippen molar-refractivity contribution in [2.45, 2.75) is 26.0 Å². The lowest BCUT2D eigenvalue weighted by Crippen LogP contribution is -2.41. The molecular formula is C18H24Cl2N4O. The Morgan fingerprint density at radius 3 is 2.56 bits per heavy atom. The van der Waals surface area contributed by atoms with Crippen molar-refractivity contribution in [2.75, 3.05) is 13.1 Å². The fourth-order valence-electron chi connectivity index (χ4n) is 2.42. The summed E-state index contributed by atoms with van der Waals surface area (Å²) in [4.78, 5) is 4.52. The van der Waals surface area contributed by atoms with Crippen LogP contribution in [0, 0.1) is 0 Å². The summed E-state index contributed by atoms with van der Waals surface area (Å²) < 4.78 is 1.81. The molecule has 0 amide bonds. The number of nitrogens with one attached hydrogen (secondary N) is 2. The van der Waals surface area contributed by atoms with Crippen LogP contribution < -0.4 is 10.6 Å². The van der Waals surface area contributed by atoms with Gasteiger partial charge in [-0.2, -0.15) is 0 Å². The quantitative estimate of drug-likeness (QED) is 0.509. The summed E-state index contributed by atoms with van der Waals surface area (Å²) in [6.07, 6.45) is 0.0983. The maximum atomic E-state index is 10.2. The molecule has 0 saturated carbocycles. The molecule has 2 rings (SSSR count). The van der Waals surface area contributed by atoms with Gasteiger partial charge in [0.15, 0.2) is 5.96 Å². The Labute approximate surface area is 158 Å². The molecule has 1 aromatic carbocycles. The van der Waals surface area contributed by atoms with E-state index < -0.39 is 6.10 Å². The molecule has 1 atom stereocenters. The molecule has 0 aliphatic rings. The predicted octanol–water partition coefficient (Wildman–Crippen LogP) is 2.99. The number of guanidine groups is 1. The van der Waals surface area contributed by atoms with Crippen LogP contribution in [0.4, 0.5) is 0 Å². The number of aliphatic hydroxyl groups is 1. The predicted molar refractivity (Wildman–Crippen MR) is 104 cm³/mol. The van der Waals surface area contributed by atoms with E-state index in [1.54, 1.807) is 10.6 Å². The van der Waals surface area contributed by atoms with Gasteiger partial charge in [0.05, 0.1) is 17.7 Å². The number of halogens is 2. The normalized spacial score (nSPS) is 12.9. The average molecular weight is 383 g/mol. The average Bonchev–Trinajstić information content (AvgIpc) is 2.85. The van der Waals surface area contributed by atoms with Crippen LogP contribution >= 0.6 is 23.2 Å². The van der Waals surface area contributed by atoms with Gasteiger partial charge in [0.1, 0.15) is 5.15 Å². The molecule has 2 aromatic rings. The highest BCUT2D eigenvalue weighted by Crippen LogP contribution is 2.25. The highest BCUT2D eigenvalue weighted by Gasteiger charge is 2.10. The number of nitrogens with zero attached hydrogens (tertiary/aromatic N) is 2. The van der Waals surface area contributed by atoms with Gasteiger partial charge in [-0.15, -0.1) is 0 Å². The van der Waals surface area contributed by atoms with E-state index in [1.807, 2.05) is 44.3 Å². The highest BCUT2D eigenvalue weighted by molar-refractivity contribution is 6.41. The number of hydrogen-bond acceptors (Lipinski definition) is 2. The van der Waals surface area contributed by atoms with E-state index in [4.69, 9.17) is 23.2 Å². The Hall–Kier alpha value is -1.69. The third kappa shape index (κ3) is 5.96. The van der Waals surface area contributed by atoms with E-state index in [2.05, 4.69) is 15.6 Å². The molecule has 1 aromatic heterocycles. The summed E-state index contributed by atoms with van der Waals surface area (Å²) >= 11 is 12.1. The van der Waals surface area contributed by atoms with Crippen molar-refractivity contribution in [1.29, 1.82) is 0 Å². The van der Waals surface area contributed by atoms with Crippen LogP contribution in [0.3, 0.4) is 0 Å². The first-order valence-corrected chi connectivity index (χ1v) is 9.00. The van der Waals surface area contributed by atoms with Crippen molar-refractivity contribution < 1.29 is 5.11 Å². The van der Waals surface area contributed by atoms with Crippen LogP contribution in [-0.2, 0) is 20.0 Å². The second-order valence-electron chi connectivity index (χ2n) is 5.75. The van der Waals surface area contributed by atoms with Crippen molar-refractivity contribution in [2.24, 2.45) is 12.0 Å². The van der Waals surface area contributed by atoms with Gasteiger partial charge >= 0.3 is 0 Å². The lowest BCUT2D eigenvalue weighted by molar-refractivity contribution is 0.177. The molecule has 5 nitrogen and oxygen atoms in total. The minimum atomic E-state index is -0.495. The molecule has 0 saturated heterocycles. The zero-order valence-electron chi connectivity index (χ0n) is 14.5. The molecule has 0 fully saturated rings. The number of benzene rings is 1. The summed E-state index contributed by atoms with van der Waals surface area (Å²) in [5, 5.41) is 17.6. The summed E-state index contributed by atoms with van der Waals surface area (Å²) in [6, 6.07) is 11.7. The summed E-state index contributed by atoms with van der Waals surface area (Å²) in [5.74, 6) is 0.642. The van der Waals surface area contributed by atoms with Crippen molar-refractivity contribution in [3.8, 4) is 0 Å². The molecule has 7 heteroatoms. The van der Waals surface area contributed by atoms with E-state index in [9.17, 15) is 5.11 Å². The van der Waals surface area contributed by atoms with Gasteiger partial charge in [0, 0.05) is 32.3 Å². The molecule has 0 bridgehead atoms. The highest BCUT2D eigenvalue weighted by atomic mass is 35.5. The van der Waals surface area contributed by atoms with Gasteiger partial charge in [-0.3, -0.25) is 0 Å². The largest absolute Gasteiger partial charge is 0.391 e. The second kappa shape index (κ2) is 9.70. The van der Waals surface area contributed by atoms with Crippen molar-refractivity contribution in [3.05, 3.63) is 57.8 Å². The number of aliphatic hydroxyl groups excluding tert-OH is 1. The van der Waals surface area contributed by atoms with Crippen molar-refractivity contribution >= 4 is 29.2 Å². The standard InChI is InChI=1S/C18H24Cl2N4O/c1-3-21-18(22-11-14-10-16(19)17(20)24(14)2)23-12-15(25)9-13-7-5-4-6-8-13/h4-8,10,15,25H,3,9,11-12H2,1-2H3,(H2,21,22,23). The molecule has 0 aliphatic carbocycles. The molecule has 25 heavy (non-hydrogen) atoms. The van der Waals surface area contributed by atoms with Gasteiger partial charge in [-0.25, -0.2) is 4.99 Å². The van der Waals surface area contributed by atoms with Gasteiger partial charge < -0.3 is 20.3 Å². The molecule has 136 valence electrons. The molecule has 1 heterocycles. The maximum Gasteiger partial charge on any atom is 0.191 e. The Bertz CT molecular complexity index is 701. The third-order valence-corrected chi connectivity index (χ3v) is 4.62. The number of hydrogen-bond donors (Lipinski definition) is 3. The first kappa shape index (κ1) is 19.6. The number of rotatable bonds is 7. The Balaban J connectivity index is 1.92. The number of aromatic nitrogens is 1. The van der Waals surface area contributed by atoms with Crippen LogP contribution in [-0.4, -0.2) is 34.8 Å². The Morgan fingerprint density at radius 2 is 1.96 bits per heavy atom. The van der Waals surface area contributed by atoms with E-state index in [0.717, 1.165) is 17.8 Å². The van der Waals surface area contributed by atoms with E-state index in [1.165, 1.54) is 0 Å². The molecule has 3 N–H and O–H groups in total. The first-order valence-electron chi connectivity index (χ1n) is 8.25. The minimum Gasteiger partial charge on any atom is -0.391 e. The zero-order valence-corrected chi connectivity index (χ0v) is 16.0. The maximum absolute atomic E-state index is 10.2. The van der Waals surface area contributed by atoms with Crippen LogP contribution in [0.1, 0.15) is 18.2 Å². The van der Waals surface area contributed by atoms with E-state index in [-0.39, 0.29) is 0 Å². The monoisotopic (exact) mass is 382 g/mol. The summed E-state index contributed by atoms with van der Waals surface area (Å²) in [7, 11) is 1.85. The van der Waals surface area contributed by atoms with Gasteiger partial charge in [-0.05, 0) is 18.6 Å². The molecule has 0 aliphatic heterocycles. The SMILES string of the molecule is CCNC(=NCc1cc(Cl)c(Cl)n1C)NCC(O)Cc1ccccc1. The third-order valence-electron chi connectivity index (χ3n) is 3.78. The smallest absolute Gasteiger partial charge is 0.191 e. The van der Waals surface area contributed by atoms with Crippen LogP contribution in [0.15, 0.2) is 41.4 Å². The van der Waals surface area contributed by atoms with Gasteiger partial charge in [0.2, 0.25) is 0 Å². The molecular weight excluding hydrogens is 359 g/mol. The number of aliphatic imine (C=N–C) groups is 1. The topological polar surface area (TPSA) is 61.6 Å². The summed E-state index contributed by atoms with van der Waals surface area (Å²) in [5.41, 5.74) is 2.02. The Morgan fingerprint density at radius 1 is 1.24 bits per heavy atom. The van der Waals surface area contributed by atoms with Crippen LogP contribution in [0.5, 0.6) is 0 Å². The lowest BCUT2D eigenvalue weighted by Gasteiger charge is -2.15.